The number of rotatable bonds is 9. The lowest BCUT2D eigenvalue weighted by atomic mass is 9.94. The molecule has 0 bridgehead atoms. The van der Waals surface area contributed by atoms with E-state index < -0.39 is 12.1 Å². The third kappa shape index (κ3) is 7.54. The highest BCUT2D eigenvalue weighted by Crippen LogP contribution is 2.19. The quantitative estimate of drug-likeness (QED) is 0.546. The van der Waals surface area contributed by atoms with E-state index in [1.54, 1.807) is 18.9 Å². The third-order valence-corrected chi connectivity index (χ3v) is 5.60. The van der Waals surface area contributed by atoms with Crippen LogP contribution in [0, 0.1) is 11.8 Å². The Labute approximate surface area is 184 Å². The van der Waals surface area contributed by atoms with E-state index in [0.717, 1.165) is 11.3 Å². The maximum Gasteiger partial charge on any atom is 0.242 e. The molecule has 0 unspecified atom stereocenters. The number of hydrogen-bond acceptors (Lipinski definition) is 5. The van der Waals surface area contributed by atoms with Crippen molar-refractivity contribution in [3.63, 3.8) is 0 Å². The van der Waals surface area contributed by atoms with Crippen molar-refractivity contribution in [1.29, 1.82) is 0 Å². The Hall–Kier alpha value is -2.61. The largest absolute Gasteiger partial charge is 0.497 e. The highest BCUT2D eigenvalue weighted by molar-refractivity contribution is 5.88. The number of amides is 3. The molecule has 1 fully saturated rings. The maximum absolute atomic E-state index is 12.6. The van der Waals surface area contributed by atoms with E-state index in [-0.39, 0.29) is 23.6 Å². The highest BCUT2D eigenvalue weighted by atomic mass is 16.5. The summed E-state index contributed by atoms with van der Waals surface area (Å²) >= 11 is 0. The van der Waals surface area contributed by atoms with Crippen molar-refractivity contribution in [2.45, 2.75) is 58.7 Å². The van der Waals surface area contributed by atoms with Crippen LogP contribution in [0.25, 0.3) is 0 Å². The summed E-state index contributed by atoms with van der Waals surface area (Å²) in [4.78, 5) is 39.1. The molecule has 1 saturated heterocycles. The molecule has 0 radical (unpaired) electrons. The van der Waals surface area contributed by atoms with Gasteiger partial charge in [-0.2, -0.15) is 0 Å². The Bertz CT molecular complexity index is 742. The van der Waals surface area contributed by atoms with Gasteiger partial charge in [-0.05, 0) is 49.8 Å². The van der Waals surface area contributed by atoms with E-state index in [2.05, 4.69) is 10.6 Å². The topological polar surface area (TPSA) is 114 Å². The average Bonchev–Trinajstić information content (AvgIpc) is 2.76. The first-order valence-corrected chi connectivity index (χ1v) is 11.0. The first-order chi connectivity index (χ1) is 14.7. The van der Waals surface area contributed by atoms with Gasteiger partial charge in [0.1, 0.15) is 11.8 Å². The highest BCUT2D eigenvalue weighted by Gasteiger charge is 2.30. The van der Waals surface area contributed by atoms with Crippen LogP contribution < -0.4 is 21.1 Å². The Balaban J connectivity index is 1.74. The van der Waals surface area contributed by atoms with Gasteiger partial charge in [0.2, 0.25) is 17.7 Å². The number of carbonyl (C=O) groups is 3. The van der Waals surface area contributed by atoms with Gasteiger partial charge < -0.3 is 26.0 Å². The number of nitrogens with one attached hydrogen (secondary N) is 2. The molecule has 3 amide bonds. The summed E-state index contributed by atoms with van der Waals surface area (Å²) in [5, 5.41) is 5.63. The van der Waals surface area contributed by atoms with Gasteiger partial charge in [-0.15, -0.1) is 0 Å². The Morgan fingerprint density at radius 3 is 2.29 bits per heavy atom. The van der Waals surface area contributed by atoms with Crippen LogP contribution in [0.4, 0.5) is 0 Å². The van der Waals surface area contributed by atoms with Gasteiger partial charge in [-0.25, -0.2) is 0 Å². The van der Waals surface area contributed by atoms with Crippen LogP contribution in [-0.4, -0.2) is 54.9 Å². The SMILES string of the molecule is COc1ccc(CNC(=O)[C@H](C)NC(=O)C2CCN(C(=O)[C@@H](N)CC(C)C)CC2)cc1. The summed E-state index contributed by atoms with van der Waals surface area (Å²) < 4.78 is 5.12. The van der Waals surface area contributed by atoms with Gasteiger partial charge in [0, 0.05) is 25.6 Å². The molecule has 0 spiro atoms. The average molecular weight is 433 g/mol. The molecule has 31 heavy (non-hydrogen) atoms. The normalized spacial score (nSPS) is 16.5. The van der Waals surface area contributed by atoms with Gasteiger partial charge >= 0.3 is 0 Å². The number of nitrogens with zero attached hydrogens (tertiary/aromatic N) is 1. The van der Waals surface area contributed by atoms with Crippen LogP contribution in [0.2, 0.25) is 0 Å². The zero-order valence-electron chi connectivity index (χ0n) is 19.0. The van der Waals surface area contributed by atoms with Crippen molar-refractivity contribution >= 4 is 17.7 Å². The minimum absolute atomic E-state index is 0.0427. The second-order valence-electron chi connectivity index (χ2n) is 8.63. The number of hydrogen-bond donors (Lipinski definition) is 3. The summed E-state index contributed by atoms with van der Waals surface area (Å²) in [6.45, 7) is 7.16. The van der Waals surface area contributed by atoms with Crippen LogP contribution in [0.3, 0.4) is 0 Å². The van der Waals surface area contributed by atoms with E-state index in [1.807, 2.05) is 38.1 Å². The molecule has 2 atom stereocenters. The Kier molecular flexibility index (Phi) is 9.30. The smallest absolute Gasteiger partial charge is 0.242 e. The van der Waals surface area contributed by atoms with Crippen molar-refractivity contribution in [2.24, 2.45) is 17.6 Å². The number of ether oxygens (including phenoxy) is 1. The molecule has 0 aromatic heterocycles. The molecule has 1 aliphatic rings. The Morgan fingerprint density at radius 2 is 1.74 bits per heavy atom. The van der Waals surface area contributed by atoms with Crippen LogP contribution in [0.5, 0.6) is 5.75 Å². The fourth-order valence-electron chi connectivity index (χ4n) is 3.69. The van der Waals surface area contributed by atoms with E-state index in [4.69, 9.17) is 10.5 Å². The number of methoxy groups -OCH3 is 1. The Morgan fingerprint density at radius 1 is 1.13 bits per heavy atom. The van der Waals surface area contributed by atoms with Gasteiger partial charge in [0.05, 0.1) is 13.2 Å². The molecule has 8 nitrogen and oxygen atoms in total. The predicted molar refractivity (Wildman–Crippen MR) is 119 cm³/mol. The van der Waals surface area contributed by atoms with E-state index in [1.165, 1.54) is 0 Å². The lowest BCUT2D eigenvalue weighted by molar-refractivity contribution is -0.137. The first-order valence-electron chi connectivity index (χ1n) is 11.0. The van der Waals surface area contributed by atoms with Crippen molar-refractivity contribution in [1.82, 2.24) is 15.5 Å². The number of likely N-dealkylation sites (tertiary alicyclic amines) is 1. The second-order valence-corrected chi connectivity index (χ2v) is 8.63. The molecule has 8 heteroatoms. The lowest BCUT2D eigenvalue weighted by Crippen LogP contribution is -2.51. The molecule has 0 saturated carbocycles. The molecule has 1 aromatic carbocycles. The van der Waals surface area contributed by atoms with E-state index in [9.17, 15) is 14.4 Å². The monoisotopic (exact) mass is 432 g/mol. The van der Waals surface area contributed by atoms with Crippen LogP contribution in [0.1, 0.15) is 45.6 Å². The molecule has 2 rings (SSSR count). The van der Waals surface area contributed by atoms with E-state index >= 15 is 0 Å². The summed E-state index contributed by atoms with van der Waals surface area (Å²) in [5.74, 6) is 0.480. The van der Waals surface area contributed by atoms with Gasteiger partial charge in [0.15, 0.2) is 0 Å². The van der Waals surface area contributed by atoms with Crippen LogP contribution in [-0.2, 0) is 20.9 Å². The molecule has 172 valence electrons. The summed E-state index contributed by atoms with van der Waals surface area (Å²) in [6.07, 6.45) is 1.81. The number of piperidine rings is 1. The van der Waals surface area contributed by atoms with Crippen LogP contribution in [0.15, 0.2) is 24.3 Å². The molecular formula is C23H36N4O4. The first kappa shape index (κ1) is 24.7. The summed E-state index contributed by atoms with van der Waals surface area (Å²) in [7, 11) is 1.60. The second kappa shape index (κ2) is 11.7. The number of nitrogens with two attached hydrogens (primary N) is 1. The summed E-state index contributed by atoms with van der Waals surface area (Å²) in [6, 6.07) is 6.30. The number of benzene rings is 1. The molecule has 1 aromatic rings. The zero-order chi connectivity index (χ0) is 23.0. The van der Waals surface area contributed by atoms with Gasteiger partial charge in [0.25, 0.3) is 0 Å². The molecule has 1 heterocycles. The van der Waals surface area contributed by atoms with Crippen molar-refractivity contribution in [3.8, 4) is 5.75 Å². The maximum atomic E-state index is 12.6. The standard InChI is InChI=1S/C23H36N4O4/c1-15(2)13-20(24)23(30)27-11-9-18(10-12-27)22(29)26-16(3)21(28)25-14-17-5-7-19(31-4)8-6-17/h5-8,15-16,18,20H,9-14,24H2,1-4H3,(H,25,28)(H,26,29)/t16-,20-/m0/s1. The molecule has 0 aliphatic carbocycles. The van der Waals surface area contributed by atoms with Gasteiger partial charge in [-0.1, -0.05) is 26.0 Å². The summed E-state index contributed by atoms with van der Waals surface area (Å²) in [5.41, 5.74) is 6.95. The fourth-order valence-corrected chi connectivity index (χ4v) is 3.69. The molecule has 1 aliphatic heterocycles. The zero-order valence-corrected chi connectivity index (χ0v) is 19.0. The van der Waals surface area contributed by atoms with Crippen LogP contribution >= 0.6 is 0 Å². The van der Waals surface area contributed by atoms with Crippen molar-refractivity contribution in [2.75, 3.05) is 20.2 Å². The lowest BCUT2D eigenvalue weighted by Gasteiger charge is -2.33. The fraction of sp³-hybridized carbons (Fsp3) is 0.609. The minimum Gasteiger partial charge on any atom is -0.497 e. The number of carbonyl (C=O) groups excluding carboxylic acids is 3. The predicted octanol–water partition coefficient (Wildman–Crippen LogP) is 1.43. The molecular weight excluding hydrogens is 396 g/mol. The van der Waals surface area contributed by atoms with Gasteiger partial charge in [-0.3, -0.25) is 14.4 Å². The van der Waals surface area contributed by atoms with Crippen molar-refractivity contribution < 1.29 is 19.1 Å². The van der Waals surface area contributed by atoms with Crippen molar-refractivity contribution in [3.05, 3.63) is 29.8 Å². The molecule has 4 N–H and O–H groups in total. The third-order valence-electron chi connectivity index (χ3n) is 5.60. The van der Waals surface area contributed by atoms with E-state index in [0.29, 0.717) is 44.8 Å². The minimum atomic E-state index is -0.634.